The van der Waals surface area contributed by atoms with Gasteiger partial charge in [-0.1, -0.05) is 11.8 Å². The number of thiophene rings is 1. The Hall–Kier alpha value is -2.32. The van der Waals surface area contributed by atoms with Crippen molar-refractivity contribution in [3.63, 3.8) is 0 Å². The second-order valence-corrected chi connectivity index (χ2v) is 10.2. The summed E-state index contributed by atoms with van der Waals surface area (Å²) < 4.78 is 7.21. The van der Waals surface area contributed by atoms with Gasteiger partial charge < -0.3 is 9.64 Å². The molecule has 3 aromatic rings. The monoisotopic (exact) mass is 457 g/mol. The number of carbonyl (C=O) groups excluding carboxylic acids is 1. The van der Waals surface area contributed by atoms with Crippen molar-refractivity contribution in [2.45, 2.75) is 49.9 Å². The van der Waals surface area contributed by atoms with Crippen LogP contribution in [0.5, 0.6) is 5.75 Å². The van der Waals surface area contributed by atoms with E-state index in [4.69, 9.17) is 9.72 Å². The molecule has 31 heavy (non-hydrogen) atoms. The van der Waals surface area contributed by atoms with Crippen LogP contribution in [0.15, 0.2) is 34.2 Å². The molecule has 0 fully saturated rings. The molecule has 8 heteroatoms. The molecule has 6 nitrogen and oxygen atoms in total. The Morgan fingerprint density at radius 2 is 1.97 bits per heavy atom. The van der Waals surface area contributed by atoms with Crippen molar-refractivity contribution in [3.8, 4) is 11.4 Å². The van der Waals surface area contributed by atoms with Crippen molar-refractivity contribution in [1.29, 1.82) is 0 Å². The third-order valence-electron chi connectivity index (χ3n) is 5.43. The van der Waals surface area contributed by atoms with Crippen molar-refractivity contribution in [2.24, 2.45) is 0 Å². The minimum absolute atomic E-state index is 0.0111. The lowest BCUT2D eigenvalue weighted by Gasteiger charge is -2.18. The molecule has 0 N–H and O–H groups in total. The second-order valence-electron chi connectivity index (χ2n) is 7.85. The molecule has 1 aliphatic carbocycles. The predicted octanol–water partition coefficient (Wildman–Crippen LogP) is 4.29. The molecule has 2 aromatic heterocycles. The van der Waals surface area contributed by atoms with E-state index in [0.29, 0.717) is 11.8 Å². The summed E-state index contributed by atoms with van der Waals surface area (Å²) in [6.07, 6.45) is 4.20. The maximum Gasteiger partial charge on any atom is 0.267 e. The van der Waals surface area contributed by atoms with Crippen LogP contribution in [0.2, 0.25) is 0 Å². The molecule has 1 aliphatic rings. The van der Waals surface area contributed by atoms with E-state index in [2.05, 4.69) is 0 Å². The van der Waals surface area contributed by atoms with Crippen LogP contribution in [0.25, 0.3) is 15.9 Å². The highest BCUT2D eigenvalue weighted by Gasteiger charge is 2.25. The zero-order chi connectivity index (χ0) is 22.1. The van der Waals surface area contributed by atoms with Gasteiger partial charge in [0.25, 0.3) is 5.56 Å². The average Bonchev–Trinajstić information content (AvgIpc) is 3.13. The van der Waals surface area contributed by atoms with Crippen LogP contribution in [0, 0.1) is 0 Å². The fraction of sp³-hybridized carbons (Fsp3) is 0.435. The van der Waals surface area contributed by atoms with Crippen molar-refractivity contribution >= 4 is 39.2 Å². The summed E-state index contributed by atoms with van der Waals surface area (Å²) >= 11 is 2.96. The van der Waals surface area contributed by atoms with E-state index < -0.39 is 0 Å². The second kappa shape index (κ2) is 9.04. The molecule has 1 atom stereocenters. The Balaban J connectivity index is 1.88. The van der Waals surface area contributed by atoms with Crippen LogP contribution >= 0.6 is 23.1 Å². The highest BCUT2D eigenvalue weighted by Crippen LogP contribution is 2.36. The fourth-order valence-corrected chi connectivity index (χ4v) is 6.30. The molecule has 1 amide bonds. The number of carbonyl (C=O) groups is 1. The Morgan fingerprint density at radius 1 is 1.26 bits per heavy atom. The molecular weight excluding hydrogens is 430 g/mol. The number of hydrogen-bond acceptors (Lipinski definition) is 6. The number of amides is 1. The van der Waals surface area contributed by atoms with Gasteiger partial charge in [0, 0.05) is 19.0 Å². The maximum atomic E-state index is 13.8. The van der Waals surface area contributed by atoms with E-state index in [1.807, 2.05) is 38.1 Å². The Morgan fingerprint density at radius 3 is 2.65 bits per heavy atom. The van der Waals surface area contributed by atoms with Gasteiger partial charge in [-0.05, 0) is 69.4 Å². The van der Waals surface area contributed by atoms with E-state index in [1.54, 1.807) is 34.9 Å². The van der Waals surface area contributed by atoms with E-state index >= 15 is 0 Å². The number of ether oxygens (including phenoxy) is 1. The van der Waals surface area contributed by atoms with Crippen molar-refractivity contribution in [3.05, 3.63) is 45.1 Å². The Kier molecular flexibility index (Phi) is 6.39. The highest BCUT2D eigenvalue weighted by molar-refractivity contribution is 8.00. The minimum Gasteiger partial charge on any atom is -0.494 e. The Bertz CT molecular complexity index is 1170. The predicted molar refractivity (Wildman–Crippen MR) is 127 cm³/mol. The number of fused-ring (bicyclic) bond motifs is 3. The smallest absolute Gasteiger partial charge is 0.267 e. The van der Waals surface area contributed by atoms with E-state index in [9.17, 15) is 9.59 Å². The molecule has 0 spiro atoms. The summed E-state index contributed by atoms with van der Waals surface area (Å²) in [4.78, 5) is 34.8. The Labute approximate surface area is 190 Å². The SMILES string of the molecule is CCOc1ccc(-n2c(SC(C)C(=O)N(C)C)nc3sc4c(c3c2=O)CCCC4)cc1. The molecule has 4 rings (SSSR count). The molecule has 1 aromatic carbocycles. The van der Waals surface area contributed by atoms with Gasteiger partial charge in [0.15, 0.2) is 5.16 Å². The lowest BCUT2D eigenvalue weighted by molar-refractivity contribution is -0.127. The number of thioether (sulfide) groups is 1. The molecule has 0 saturated heterocycles. The zero-order valence-corrected chi connectivity index (χ0v) is 19.9. The summed E-state index contributed by atoms with van der Waals surface area (Å²) in [7, 11) is 3.48. The van der Waals surface area contributed by atoms with Crippen LogP contribution in [-0.4, -0.2) is 46.3 Å². The van der Waals surface area contributed by atoms with Crippen molar-refractivity contribution < 1.29 is 9.53 Å². The summed E-state index contributed by atoms with van der Waals surface area (Å²) in [5.74, 6) is 0.745. The molecule has 0 aliphatic heterocycles. The quantitative estimate of drug-likeness (QED) is 0.408. The lowest BCUT2D eigenvalue weighted by Crippen LogP contribution is -2.31. The maximum absolute atomic E-state index is 13.8. The zero-order valence-electron chi connectivity index (χ0n) is 18.3. The van der Waals surface area contributed by atoms with E-state index in [1.165, 1.54) is 16.6 Å². The number of aromatic nitrogens is 2. The van der Waals surface area contributed by atoms with Gasteiger partial charge in [0.1, 0.15) is 10.6 Å². The summed E-state index contributed by atoms with van der Waals surface area (Å²) in [6.45, 7) is 4.37. The highest BCUT2D eigenvalue weighted by atomic mass is 32.2. The standard InChI is InChI=1S/C23H27N3O3S2/c1-5-29-16-12-10-15(11-13-16)26-22(28)19-17-8-6-7-9-18(17)31-20(19)24-23(26)30-14(2)21(27)25(3)4/h10-14H,5-9H2,1-4H3. The van der Waals surface area contributed by atoms with Gasteiger partial charge in [0.2, 0.25) is 5.91 Å². The molecule has 1 unspecified atom stereocenters. The van der Waals surface area contributed by atoms with Gasteiger partial charge in [-0.15, -0.1) is 11.3 Å². The lowest BCUT2D eigenvalue weighted by atomic mass is 9.97. The summed E-state index contributed by atoms with van der Waals surface area (Å²) in [5, 5.41) is 0.926. The van der Waals surface area contributed by atoms with Gasteiger partial charge in [-0.2, -0.15) is 0 Å². The van der Waals surface area contributed by atoms with E-state index in [-0.39, 0.29) is 16.7 Å². The number of aryl methyl sites for hydroxylation is 2. The molecular formula is C23H27N3O3S2. The van der Waals surface area contributed by atoms with Gasteiger partial charge in [-0.3, -0.25) is 14.2 Å². The van der Waals surface area contributed by atoms with Gasteiger partial charge in [0.05, 0.1) is 22.9 Å². The van der Waals surface area contributed by atoms with Gasteiger partial charge >= 0.3 is 0 Å². The van der Waals surface area contributed by atoms with Crippen LogP contribution in [0.1, 0.15) is 37.1 Å². The third-order valence-corrected chi connectivity index (χ3v) is 7.66. The first-order valence-electron chi connectivity index (χ1n) is 10.6. The summed E-state index contributed by atoms with van der Waals surface area (Å²) in [6, 6.07) is 7.48. The molecule has 0 radical (unpaired) electrons. The fourth-order valence-electron chi connectivity index (χ4n) is 3.92. The molecule has 2 heterocycles. The summed E-state index contributed by atoms with van der Waals surface area (Å²) in [5.41, 5.74) is 1.84. The van der Waals surface area contributed by atoms with Crippen molar-refractivity contribution in [2.75, 3.05) is 20.7 Å². The number of nitrogens with zero attached hydrogens (tertiary/aromatic N) is 3. The van der Waals surface area contributed by atoms with E-state index in [0.717, 1.165) is 52.9 Å². The van der Waals surface area contributed by atoms with Gasteiger partial charge in [-0.25, -0.2) is 4.98 Å². The average molecular weight is 458 g/mol. The number of hydrogen-bond donors (Lipinski definition) is 0. The van der Waals surface area contributed by atoms with Crippen LogP contribution in [0.4, 0.5) is 0 Å². The van der Waals surface area contributed by atoms with Crippen LogP contribution in [-0.2, 0) is 17.6 Å². The van der Waals surface area contributed by atoms with Crippen molar-refractivity contribution in [1.82, 2.24) is 14.5 Å². The molecule has 0 saturated carbocycles. The number of rotatable bonds is 6. The van der Waals surface area contributed by atoms with Crippen LogP contribution < -0.4 is 10.3 Å². The first-order valence-corrected chi connectivity index (χ1v) is 12.3. The third kappa shape index (κ3) is 4.23. The molecule has 164 valence electrons. The largest absolute Gasteiger partial charge is 0.494 e. The normalized spacial score (nSPS) is 14.3. The van der Waals surface area contributed by atoms with Crippen LogP contribution in [0.3, 0.4) is 0 Å². The topological polar surface area (TPSA) is 64.4 Å². The first-order chi connectivity index (χ1) is 14.9. The number of benzene rings is 1. The minimum atomic E-state index is -0.358. The first kappa shape index (κ1) is 21.9. The molecule has 0 bridgehead atoms.